The second kappa shape index (κ2) is 24.9. The van der Waals surface area contributed by atoms with Gasteiger partial charge in [0.2, 0.25) is 0 Å². The molecule has 0 aliphatic rings. The van der Waals surface area contributed by atoms with Gasteiger partial charge < -0.3 is 15.2 Å². The van der Waals surface area contributed by atoms with Gasteiger partial charge in [-0.2, -0.15) is 0 Å². The van der Waals surface area contributed by atoms with E-state index in [2.05, 4.69) is 35.0 Å². The quantitative estimate of drug-likeness (QED) is 0.0748. The van der Waals surface area contributed by atoms with Gasteiger partial charge in [0.1, 0.15) is 13.7 Å². The number of aliphatic hydroxyl groups is 1. The molecular formula is C39H64BF3N2O4. The number of methoxy groups -OCH3 is 1. The number of carbonyl (C=O) groups excluding carboxylic acids is 2. The summed E-state index contributed by atoms with van der Waals surface area (Å²) in [6.07, 6.45) is 10.8. The van der Waals surface area contributed by atoms with Crippen LogP contribution < -0.4 is 5.32 Å². The van der Waals surface area contributed by atoms with E-state index in [0.29, 0.717) is 12.0 Å². The van der Waals surface area contributed by atoms with E-state index in [1.165, 1.54) is 25.2 Å². The van der Waals surface area contributed by atoms with Gasteiger partial charge in [0.05, 0.1) is 24.3 Å². The van der Waals surface area contributed by atoms with Gasteiger partial charge in [-0.25, -0.2) is 13.2 Å². The Balaban J connectivity index is -0.000000639. The van der Waals surface area contributed by atoms with Crippen molar-refractivity contribution >= 4 is 31.0 Å². The van der Waals surface area contributed by atoms with Gasteiger partial charge in [-0.3, -0.25) is 14.6 Å². The molecule has 278 valence electrons. The number of benzene rings is 1. The maximum absolute atomic E-state index is 14.0. The number of hydrogen-bond donors (Lipinski definition) is 2. The number of allylic oxidation sites excluding steroid dienone is 5. The van der Waals surface area contributed by atoms with Crippen LogP contribution in [0.3, 0.4) is 0 Å². The van der Waals surface area contributed by atoms with E-state index in [-0.39, 0.29) is 41.3 Å². The second-order valence-corrected chi connectivity index (χ2v) is 13.3. The van der Waals surface area contributed by atoms with Crippen LogP contribution in [-0.2, 0) is 9.53 Å². The average molecular weight is 693 g/mol. The van der Waals surface area contributed by atoms with Crippen molar-refractivity contribution in [2.24, 2.45) is 10.4 Å². The van der Waals surface area contributed by atoms with Crippen LogP contribution in [0.1, 0.15) is 138 Å². The summed E-state index contributed by atoms with van der Waals surface area (Å²) in [6.45, 7) is 25.3. The number of hydrogen-bond acceptors (Lipinski definition) is 6. The summed E-state index contributed by atoms with van der Waals surface area (Å²) in [6, 6.07) is 1.55. The SMILES string of the molecule is CC(C)(C)C(C)(C)O.CCC(=O)OC.CCC(=O)c1c(C)cc(NC(CC)C(C)(F)F)cc1F.[B]C(=C/C=C(/C)CCC)/C(C)=N/C=C\C. The summed E-state index contributed by atoms with van der Waals surface area (Å²) < 4.78 is 44.9. The number of anilines is 1. The third kappa shape index (κ3) is 23.0. The molecule has 10 heteroatoms. The largest absolute Gasteiger partial charge is 0.469 e. The molecule has 49 heavy (non-hydrogen) atoms. The molecule has 0 aromatic heterocycles. The third-order valence-corrected chi connectivity index (χ3v) is 7.63. The van der Waals surface area contributed by atoms with Crippen molar-refractivity contribution in [3.05, 3.63) is 64.6 Å². The van der Waals surface area contributed by atoms with Crippen LogP contribution in [-0.4, -0.2) is 55.1 Å². The van der Waals surface area contributed by atoms with Crippen molar-refractivity contribution < 1.29 is 32.6 Å². The fraction of sp³-hybridized carbons (Fsp3) is 0.615. The normalized spacial score (nSPS) is 13.2. The highest BCUT2D eigenvalue weighted by atomic mass is 19.3. The molecule has 0 heterocycles. The predicted octanol–water partition coefficient (Wildman–Crippen LogP) is 10.7. The molecule has 0 aliphatic carbocycles. The molecule has 2 radical (unpaired) electrons. The molecule has 0 saturated carbocycles. The van der Waals surface area contributed by atoms with Crippen molar-refractivity contribution in [2.45, 2.75) is 147 Å². The molecule has 1 unspecified atom stereocenters. The summed E-state index contributed by atoms with van der Waals surface area (Å²) in [5.41, 5.74) is 3.11. The number of aryl methyl sites for hydroxylation is 1. The number of nitrogens with zero attached hydrogens (tertiary/aromatic N) is 1. The molecule has 6 nitrogen and oxygen atoms in total. The third-order valence-electron chi connectivity index (χ3n) is 7.63. The minimum absolute atomic E-state index is 0.00694. The highest BCUT2D eigenvalue weighted by molar-refractivity contribution is 6.37. The number of alkyl halides is 2. The maximum atomic E-state index is 14.0. The van der Waals surface area contributed by atoms with Crippen LogP contribution in [0.5, 0.6) is 0 Å². The van der Waals surface area contributed by atoms with Crippen LogP contribution in [0.25, 0.3) is 0 Å². The van der Waals surface area contributed by atoms with Crippen molar-refractivity contribution in [1.82, 2.24) is 0 Å². The van der Waals surface area contributed by atoms with Gasteiger partial charge >= 0.3 is 5.97 Å². The number of nitrogens with one attached hydrogen (secondary N) is 1. The Morgan fingerprint density at radius 1 is 1.02 bits per heavy atom. The highest BCUT2D eigenvalue weighted by Gasteiger charge is 2.33. The fourth-order valence-electron chi connectivity index (χ4n) is 3.38. The Labute approximate surface area is 297 Å². The minimum Gasteiger partial charge on any atom is -0.469 e. The summed E-state index contributed by atoms with van der Waals surface area (Å²) >= 11 is 0. The number of esters is 1. The molecule has 2 N–H and O–H groups in total. The first-order valence-electron chi connectivity index (χ1n) is 16.9. The first-order chi connectivity index (χ1) is 22.4. The Morgan fingerprint density at radius 2 is 1.55 bits per heavy atom. The lowest BCUT2D eigenvalue weighted by atomic mass is 9.79. The lowest BCUT2D eigenvalue weighted by Gasteiger charge is -2.33. The van der Waals surface area contributed by atoms with Crippen LogP contribution in [0.2, 0.25) is 0 Å². The number of halogens is 3. The predicted molar refractivity (Wildman–Crippen MR) is 203 cm³/mol. The molecular weight excluding hydrogens is 628 g/mol. The molecule has 0 aliphatic heterocycles. The summed E-state index contributed by atoms with van der Waals surface area (Å²) in [4.78, 5) is 25.8. The Kier molecular flexibility index (Phi) is 25.5. The minimum atomic E-state index is -2.91. The number of carbonyl (C=O) groups is 2. The number of ether oxygens (including phenoxy) is 1. The van der Waals surface area contributed by atoms with Crippen LogP contribution >= 0.6 is 0 Å². The average Bonchev–Trinajstić information content (AvgIpc) is 2.99. The van der Waals surface area contributed by atoms with Crippen LogP contribution in [0.15, 0.2) is 52.6 Å². The second-order valence-electron chi connectivity index (χ2n) is 13.3. The molecule has 0 fully saturated rings. The smallest absolute Gasteiger partial charge is 0.305 e. The van der Waals surface area contributed by atoms with Crippen molar-refractivity contribution in [2.75, 3.05) is 12.4 Å². The van der Waals surface area contributed by atoms with Crippen LogP contribution in [0, 0.1) is 18.2 Å². The Morgan fingerprint density at radius 3 is 1.88 bits per heavy atom. The summed E-state index contributed by atoms with van der Waals surface area (Å²) in [7, 11) is 7.24. The van der Waals surface area contributed by atoms with Crippen LogP contribution in [0.4, 0.5) is 18.9 Å². The van der Waals surface area contributed by atoms with Gasteiger partial charge in [0.25, 0.3) is 5.92 Å². The number of ketones is 1. The van der Waals surface area contributed by atoms with Gasteiger partial charge in [0, 0.05) is 37.4 Å². The molecule has 1 atom stereocenters. The zero-order valence-corrected chi connectivity index (χ0v) is 32.9. The lowest BCUT2D eigenvalue weighted by Crippen LogP contribution is -2.36. The monoisotopic (exact) mass is 692 g/mol. The molecule has 0 bridgehead atoms. The van der Waals surface area contributed by atoms with E-state index in [4.69, 9.17) is 7.85 Å². The highest BCUT2D eigenvalue weighted by Crippen LogP contribution is 2.29. The zero-order chi connectivity index (χ0) is 39.2. The first-order valence-corrected chi connectivity index (χ1v) is 16.9. The van der Waals surface area contributed by atoms with E-state index < -0.39 is 23.4 Å². The van der Waals surface area contributed by atoms with Gasteiger partial charge in [-0.15, -0.1) is 0 Å². The molecule has 0 amide bonds. The molecule has 0 spiro atoms. The lowest BCUT2D eigenvalue weighted by molar-refractivity contribution is -0.140. The van der Waals surface area contributed by atoms with E-state index in [0.717, 1.165) is 30.6 Å². The molecule has 1 aromatic rings. The van der Waals surface area contributed by atoms with Gasteiger partial charge in [0.15, 0.2) is 5.78 Å². The molecule has 0 saturated heterocycles. The Bertz CT molecular complexity index is 1210. The number of rotatable bonds is 12. The zero-order valence-electron chi connectivity index (χ0n) is 32.9. The van der Waals surface area contributed by atoms with E-state index >= 15 is 0 Å². The molecule has 1 rings (SSSR count). The Hall–Kier alpha value is -3.14. The van der Waals surface area contributed by atoms with Crippen molar-refractivity contribution in [1.29, 1.82) is 0 Å². The maximum Gasteiger partial charge on any atom is 0.305 e. The van der Waals surface area contributed by atoms with E-state index in [1.54, 1.807) is 33.9 Å². The van der Waals surface area contributed by atoms with Gasteiger partial charge in [-0.05, 0) is 77.5 Å². The standard InChI is InChI=1S/C15H20F3NO.C13H20BN.C7H16O.C4H8O2/c1-5-12(20)14-9(3)7-10(8-11(14)16)19-13(6-2)15(4,17)18;1-5-7-11(3)8-9-13(14)12(4)15-10-6-2;1-6(2,3)7(4,5)8;1-3-4(5)6-2/h7-8,13,19H,5-6H2,1-4H3;6,8-10H,5,7H2,1-4H3;8H,1-5H3;3H2,1-2H3/b;10-6-,11-8-,13-9+,15-12+;;. The first kappa shape index (κ1) is 50.2. The van der Waals surface area contributed by atoms with Crippen molar-refractivity contribution in [3.63, 3.8) is 0 Å². The fourth-order valence-corrected chi connectivity index (χ4v) is 3.38. The van der Waals surface area contributed by atoms with E-state index in [1.807, 2.05) is 60.6 Å². The van der Waals surface area contributed by atoms with Gasteiger partial charge in [-0.1, -0.05) is 84.2 Å². The van der Waals surface area contributed by atoms with Crippen molar-refractivity contribution in [3.8, 4) is 0 Å². The summed E-state index contributed by atoms with van der Waals surface area (Å²) in [5, 5.41) is 12.0. The number of aliphatic imine (C=N–C) groups is 1. The topological polar surface area (TPSA) is 88.0 Å². The van der Waals surface area contributed by atoms with E-state index in [9.17, 15) is 27.9 Å². The number of Topliss-reactive ketones (excluding diaryl/α,β-unsaturated/α-hetero) is 1. The molecule has 1 aromatic carbocycles. The summed E-state index contributed by atoms with van der Waals surface area (Å²) in [5.74, 6) is -4.03.